The highest BCUT2D eigenvalue weighted by Crippen LogP contribution is 2.29. The number of sulfonamides is 1. The maximum atomic E-state index is 12.8. The van der Waals surface area contributed by atoms with Gasteiger partial charge in [-0.3, -0.25) is 4.79 Å². The van der Waals surface area contributed by atoms with Gasteiger partial charge in [-0.1, -0.05) is 43.0 Å². The molecule has 2 aliphatic rings. The first kappa shape index (κ1) is 21.4. The number of carbonyl (C=O) groups is 1. The lowest BCUT2D eigenvalue weighted by Crippen LogP contribution is -2.60. The molecule has 0 unspecified atom stereocenters. The van der Waals surface area contributed by atoms with Crippen molar-refractivity contribution in [3.63, 3.8) is 0 Å². The van der Waals surface area contributed by atoms with E-state index in [-0.39, 0.29) is 41.3 Å². The van der Waals surface area contributed by atoms with Crippen molar-refractivity contribution in [2.75, 3.05) is 26.2 Å². The molecular formula is C17H25Cl2N3O3S. The Morgan fingerprint density at radius 1 is 1.04 bits per heavy atom. The van der Waals surface area contributed by atoms with Crippen LogP contribution in [0.4, 0.5) is 0 Å². The van der Waals surface area contributed by atoms with Crippen molar-refractivity contribution >= 4 is 39.9 Å². The molecule has 2 N–H and O–H groups in total. The number of amides is 1. The zero-order valence-corrected chi connectivity index (χ0v) is 17.0. The normalized spacial score (nSPS) is 21.1. The van der Waals surface area contributed by atoms with Crippen LogP contribution in [-0.4, -0.2) is 55.2 Å². The molecule has 1 aliphatic carbocycles. The van der Waals surface area contributed by atoms with Crippen LogP contribution in [0.3, 0.4) is 0 Å². The number of nitrogens with two attached hydrogens (primary N) is 1. The third kappa shape index (κ3) is 4.17. The summed E-state index contributed by atoms with van der Waals surface area (Å²) in [6, 6.07) is 6.42. The van der Waals surface area contributed by atoms with Gasteiger partial charge in [0.05, 0.1) is 10.6 Å². The zero-order valence-electron chi connectivity index (χ0n) is 14.6. The monoisotopic (exact) mass is 421 g/mol. The van der Waals surface area contributed by atoms with E-state index in [2.05, 4.69) is 0 Å². The van der Waals surface area contributed by atoms with Gasteiger partial charge in [-0.15, -0.1) is 12.4 Å². The average molecular weight is 422 g/mol. The van der Waals surface area contributed by atoms with Crippen molar-refractivity contribution in [3.8, 4) is 0 Å². The molecule has 0 spiro atoms. The van der Waals surface area contributed by atoms with Crippen LogP contribution in [0.5, 0.6) is 0 Å². The molecule has 1 heterocycles. The van der Waals surface area contributed by atoms with Gasteiger partial charge in [0.2, 0.25) is 15.9 Å². The molecular weight excluding hydrogens is 397 g/mol. The molecule has 146 valence electrons. The van der Waals surface area contributed by atoms with Crippen LogP contribution >= 0.6 is 24.0 Å². The van der Waals surface area contributed by atoms with Gasteiger partial charge in [0.15, 0.2) is 0 Å². The first-order valence-corrected chi connectivity index (χ1v) is 10.5. The van der Waals surface area contributed by atoms with Crippen molar-refractivity contribution in [2.45, 2.75) is 42.5 Å². The van der Waals surface area contributed by atoms with Gasteiger partial charge in [0.25, 0.3) is 0 Å². The van der Waals surface area contributed by atoms with Crippen molar-refractivity contribution in [3.05, 3.63) is 29.3 Å². The van der Waals surface area contributed by atoms with E-state index >= 15 is 0 Å². The van der Waals surface area contributed by atoms with Crippen molar-refractivity contribution < 1.29 is 13.2 Å². The molecule has 9 heteroatoms. The second kappa shape index (κ2) is 8.44. The summed E-state index contributed by atoms with van der Waals surface area (Å²) < 4.78 is 26.9. The smallest absolute Gasteiger partial charge is 0.244 e. The fourth-order valence-corrected chi connectivity index (χ4v) is 5.55. The highest BCUT2D eigenvalue weighted by molar-refractivity contribution is 7.89. The van der Waals surface area contributed by atoms with Crippen LogP contribution in [0.1, 0.15) is 32.1 Å². The number of carbonyl (C=O) groups excluding carboxylic acids is 1. The third-order valence-electron chi connectivity index (χ3n) is 5.15. The Labute approximate surface area is 166 Å². The lowest BCUT2D eigenvalue weighted by atomic mass is 9.81. The van der Waals surface area contributed by atoms with Crippen molar-refractivity contribution in [2.24, 2.45) is 5.73 Å². The quantitative estimate of drug-likeness (QED) is 0.810. The molecule has 0 radical (unpaired) electrons. The zero-order chi connectivity index (χ0) is 18.1. The van der Waals surface area contributed by atoms with Gasteiger partial charge in [-0.05, 0) is 25.0 Å². The lowest BCUT2D eigenvalue weighted by molar-refractivity contribution is -0.139. The Kier molecular flexibility index (Phi) is 6.96. The Hall–Kier alpha value is -0.860. The van der Waals surface area contributed by atoms with Gasteiger partial charge < -0.3 is 10.6 Å². The molecule has 3 rings (SSSR count). The van der Waals surface area contributed by atoms with Crippen LogP contribution in [0.15, 0.2) is 29.2 Å². The summed E-state index contributed by atoms with van der Waals surface area (Å²) in [5.74, 6) is -0.0398. The molecule has 1 aliphatic heterocycles. The number of halogens is 2. The minimum absolute atomic E-state index is 0. The van der Waals surface area contributed by atoms with Crippen LogP contribution in [0.2, 0.25) is 5.02 Å². The standard InChI is InChI=1S/C17H24ClN3O3S.ClH/c18-14-6-2-3-7-15(14)25(23,24)21-12-10-20(11-13-21)16(22)17(19)8-4-1-5-9-17;/h2-3,6-7H,1,4-5,8-13,19H2;1H. The minimum atomic E-state index is -3.65. The van der Waals surface area contributed by atoms with Crippen LogP contribution < -0.4 is 5.73 Å². The van der Waals surface area contributed by atoms with Gasteiger partial charge in [-0.25, -0.2) is 8.42 Å². The maximum Gasteiger partial charge on any atom is 0.244 e. The fraction of sp³-hybridized carbons (Fsp3) is 0.588. The van der Waals surface area contributed by atoms with Crippen molar-refractivity contribution in [1.29, 1.82) is 0 Å². The Morgan fingerprint density at radius 2 is 1.62 bits per heavy atom. The third-order valence-corrected chi connectivity index (χ3v) is 7.55. The fourth-order valence-electron chi connectivity index (χ4n) is 3.64. The van der Waals surface area contributed by atoms with Gasteiger partial charge >= 0.3 is 0 Å². The predicted molar refractivity (Wildman–Crippen MR) is 104 cm³/mol. The Morgan fingerprint density at radius 3 is 2.19 bits per heavy atom. The maximum absolute atomic E-state index is 12.8. The number of piperazine rings is 1. The lowest BCUT2D eigenvalue weighted by Gasteiger charge is -2.40. The second-order valence-corrected chi connectivity index (χ2v) is 9.16. The summed E-state index contributed by atoms with van der Waals surface area (Å²) in [5.41, 5.74) is 5.55. The molecule has 1 saturated carbocycles. The van der Waals surface area contributed by atoms with E-state index in [9.17, 15) is 13.2 Å². The SMILES string of the molecule is Cl.NC1(C(=O)N2CCN(S(=O)(=O)c3ccccc3Cl)CC2)CCCCC1. The number of benzene rings is 1. The highest BCUT2D eigenvalue weighted by atomic mass is 35.5. The first-order chi connectivity index (χ1) is 11.8. The molecule has 0 bridgehead atoms. The molecule has 1 aromatic rings. The van der Waals surface area contributed by atoms with Gasteiger partial charge in [0, 0.05) is 26.2 Å². The average Bonchev–Trinajstić information content (AvgIpc) is 2.62. The van der Waals surface area contributed by atoms with Crippen LogP contribution in [0, 0.1) is 0 Å². The summed E-state index contributed by atoms with van der Waals surface area (Å²) in [7, 11) is -3.65. The molecule has 1 amide bonds. The highest BCUT2D eigenvalue weighted by Gasteiger charge is 2.40. The van der Waals surface area contributed by atoms with E-state index in [0.717, 1.165) is 19.3 Å². The van der Waals surface area contributed by atoms with E-state index in [1.54, 1.807) is 23.1 Å². The van der Waals surface area contributed by atoms with E-state index in [0.29, 0.717) is 25.9 Å². The number of hydrogen-bond donors (Lipinski definition) is 1. The number of hydrogen-bond acceptors (Lipinski definition) is 4. The predicted octanol–water partition coefficient (Wildman–Crippen LogP) is 2.26. The van der Waals surface area contributed by atoms with Crippen LogP contribution in [0.25, 0.3) is 0 Å². The summed E-state index contributed by atoms with van der Waals surface area (Å²) >= 11 is 6.04. The van der Waals surface area contributed by atoms with Gasteiger partial charge in [-0.2, -0.15) is 4.31 Å². The Bertz CT molecular complexity index is 743. The topological polar surface area (TPSA) is 83.7 Å². The summed E-state index contributed by atoms with van der Waals surface area (Å²) in [5, 5.41) is 0.212. The largest absolute Gasteiger partial charge is 0.338 e. The van der Waals surface area contributed by atoms with E-state index in [1.807, 2.05) is 0 Å². The molecule has 26 heavy (non-hydrogen) atoms. The molecule has 0 aromatic heterocycles. The molecule has 0 atom stereocenters. The number of nitrogens with zero attached hydrogens (tertiary/aromatic N) is 2. The molecule has 1 aromatic carbocycles. The van der Waals surface area contributed by atoms with Gasteiger partial charge in [0.1, 0.15) is 4.90 Å². The van der Waals surface area contributed by atoms with E-state index in [4.69, 9.17) is 17.3 Å². The van der Waals surface area contributed by atoms with Crippen molar-refractivity contribution in [1.82, 2.24) is 9.21 Å². The summed E-state index contributed by atoms with van der Waals surface area (Å²) in [4.78, 5) is 14.6. The van der Waals surface area contributed by atoms with Crippen LogP contribution in [-0.2, 0) is 14.8 Å². The summed E-state index contributed by atoms with van der Waals surface area (Å²) in [6.45, 7) is 1.24. The Balaban J connectivity index is 0.00000243. The summed E-state index contributed by atoms with van der Waals surface area (Å²) in [6.07, 6.45) is 4.50. The van der Waals surface area contributed by atoms with E-state index in [1.165, 1.54) is 10.4 Å². The minimum Gasteiger partial charge on any atom is -0.338 e. The molecule has 1 saturated heterocycles. The molecule has 6 nitrogen and oxygen atoms in total. The number of rotatable bonds is 3. The molecule has 2 fully saturated rings. The second-order valence-electron chi connectivity index (χ2n) is 6.84. The first-order valence-electron chi connectivity index (χ1n) is 8.67. The van der Waals surface area contributed by atoms with E-state index < -0.39 is 15.6 Å².